The number of H-pyrrole nitrogens is 1. The van der Waals surface area contributed by atoms with Gasteiger partial charge in [-0.3, -0.25) is 14.3 Å². The first-order valence-corrected chi connectivity index (χ1v) is 10.2. The van der Waals surface area contributed by atoms with E-state index in [0.29, 0.717) is 32.8 Å². The monoisotopic (exact) mass is 426 g/mol. The summed E-state index contributed by atoms with van der Waals surface area (Å²) in [5, 5.41) is -0.00851. The average Bonchev–Trinajstić information content (AvgIpc) is 3.46. The Balaban J connectivity index is 1.46. The average molecular weight is 427 g/mol. The molecular weight excluding hydrogens is 404 g/mol. The van der Waals surface area contributed by atoms with E-state index < -0.39 is 11.2 Å². The fourth-order valence-electron chi connectivity index (χ4n) is 3.66. The molecule has 6 nitrogen and oxygen atoms in total. The van der Waals surface area contributed by atoms with Crippen LogP contribution in [0.1, 0.15) is 23.6 Å². The van der Waals surface area contributed by atoms with Crippen LogP contribution in [0.3, 0.4) is 0 Å². The van der Waals surface area contributed by atoms with Crippen molar-refractivity contribution in [1.29, 1.82) is 0 Å². The molecule has 1 heterocycles. The van der Waals surface area contributed by atoms with Crippen molar-refractivity contribution >= 4 is 11.6 Å². The minimum absolute atomic E-state index is 0.00851. The van der Waals surface area contributed by atoms with Gasteiger partial charge in [0.05, 0.1) is 26.4 Å². The van der Waals surface area contributed by atoms with Crippen LogP contribution in [0.2, 0.25) is 5.02 Å². The van der Waals surface area contributed by atoms with Gasteiger partial charge in [-0.25, -0.2) is 4.79 Å². The molecule has 1 aliphatic carbocycles. The molecule has 3 aromatic rings. The molecule has 4 rings (SSSR count). The summed E-state index contributed by atoms with van der Waals surface area (Å²) in [4.78, 5) is 26.2. The number of hydrogen-bond donors (Lipinski definition) is 1. The topological polar surface area (TPSA) is 73.3 Å². The smallest absolute Gasteiger partial charge is 0.328 e. The van der Waals surface area contributed by atoms with Crippen LogP contribution >= 0.6 is 11.6 Å². The maximum atomic E-state index is 12.3. The fourth-order valence-corrected chi connectivity index (χ4v) is 3.81. The van der Waals surface area contributed by atoms with Crippen molar-refractivity contribution in [3.05, 3.63) is 104 Å². The van der Waals surface area contributed by atoms with E-state index >= 15 is 0 Å². The van der Waals surface area contributed by atoms with Crippen molar-refractivity contribution in [2.75, 3.05) is 13.2 Å². The molecule has 0 saturated heterocycles. The van der Waals surface area contributed by atoms with Crippen LogP contribution in [-0.2, 0) is 22.7 Å². The predicted molar refractivity (Wildman–Crippen MR) is 115 cm³/mol. The number of ether oxygens (including phenoxy) is 2. The van der Waals surface area contributed by atoms with Gasteiger partial charge in [0.1, 0.15) is 5.02 Å². The Bertz CT molecular complexity index is 1050. The number of hydrogen-bond acceptors (Lipinski definition) is 4. The summed E-state index contributed by atoms with van der Waals surface area (Å²) >= 11 is 5.95. The molecular formula is C23H23ClN2O4. The molecule has 1 N–H and O–H groups in total. The zero-order valence-corrected chi connectivity index (χ0v) is 17.2. The summed E-state index contributed by atoms with van der Waals surface area (Å²) in [6.07, 6.45) is 2.11. The number of aromatic nitrogens is 2. The normalized spacial score (nSPS) is 17.0. The van der Waals surface area contributed by atoms with Crippen molar-refractivity contribution < 1.29 is 9.47 Å². The molecule has 1 fully saturated rings. The van der Waals surface area contributed by atoms with E-state index in [2.05, 4.69) is 4.98 Å². The second-order valence-electron chi connectivity index (χ2n) is 7.68. The lowest BCUT2D eigenvalue weighted by Crippen LogP contribution is -2.32. The van der Waals surface area contributed by atoms with Crippen LogP contribution in [-0.4, -0.2) is 22.8 Å². The molecule has 0 amide bonds. The van der Waals surface area contributed by atoms with E-state index in [1.807, 2.05) is 60.7 Å². The quantitative estimate of drug-likeness (QED) is 0.567. The molecule has 7 heteroatoms. The third-order valence-electron chi connectivity index (χ3n) is 5.41. The van der Waals surface area contributed by atoms with Gasteiger partial charge in [0.25, 0.3) is 5.56 Å². The van der Waals surface area contributed by atoms with E-state index in [9.17, 15) is 9.59 Å². The Labute approximate surface area is 179 Å². The highest BCUT2D eigenvalue weighted by atomic mass is 35.5. The highest BCUT2D eigenvalue weighted by molar-refractivity contribution is 6.30. The van der Waals surface area contributed by atoms with Crippen molar-refractivity contribution in [3.8, 4) is 0 Å². The van der Waals surface area contributed by atoms with Crippen molar-refractivity contribution in [1.82, 2.24) is 9.55 Å². The molecule has 1 atom stereocenters. The highest BCUT2D eigenvalue weighted by Gasteiger charge is 2.56. The summed E-state index contributed by atoms with van der Waals surface area (Å²) in [5.41, 5.74) is 0.764. The molecule has 1 aliphatic rings. The van der Waals surface area contributed by atoms with E-state index in [4.69, 9.17) is 21.1 Å². The van der Waals surface area contributed by atoms with Gasteiger partial charge in [-0.15, -0.1) is 0 Å². The maximum Gasteiger partial charge on any atom is 0.328 e. The highest BCUT2D eigenvalue weighted by Crippen LogP contribution is 2.56. The second kappa shape index (κ2) is 9.00. The van der Waals surface area contributed by atoms with Gasteiger partial charge in [0.15, 0.2) is 0 Å². The number of benzene rings is 2. The summed E-state index contributed by atoms with van der Waals surface area (Å²) in [6, 6.07) is 19.7. The minimum Gasteiger partial charge on any atom is -0.376 e. The van der Waals surface area contributed by atoms with Gasteiger partial charge in [-0.1, -0.05) is 72.3 Å². The van der Waals surface area contributed by atoms with Crippen LogP contribution in [0, 0.1) is 5.41 Å². The number of nitrogens with one attached hydrogen (secondary N) is 1. The van der Waals surface area contributed by atoms with Crippen molar-refractivity contribution in [2.45, 2.75) is 25.7 Å². The summed E-state index contributed by atoms with van der Waals surface area (Å²) in [5.74, 6) is 0. The second-order valence-corrected chi connectivity index (χ2v) is 8.09. The third kappa shape index (κ3) is 4.73. The Morgan fingerprint density at radius 1 is 0.933 bits per heavy atom. The van der Waals surface area contributed by atoms with Crippen molar-refractivity contribution in [2.24, 2.45) is 5.41 Å². The standard InChI is InChI=1S/C23H23ClN2O4/c24-19-12-26(22(28)25-21(19)27)20-11-23(20,15-29-13-17-7-3-1-4-8-17)16-30-14-18-9-5-2-6-10-18/h1-10,12,20H,11,13-16H2,(H,25,27,28). The van der Waals surface area contributed by atoms with E-state index in [0.717, 1.165) is 11.1 Å². The predicted octanol–water partition coefficient (Wildman–Crippen LogP) is 3.55. The molecule has 0 spiro atoms. The van der Waals surface area contributed by atoms with Crippen LogP contribution in [0.4, 0.5) is 0 Å². The number of rotatable bonds is 9. The fraction of sp³-hybridized carbons (Fsp3) is 0.304. The number of halogens is 1. The molecule has 1 aromatic heterocycles. The lowest BCUT2D eigenvalue weighted by atomic mass is 10.1. The SMILES string of the molecule is O=c1[nH]c(=O)n(C2CC2(COCc2ccccc2)COCc2ccccc2)cc1Cl. The summed E-state index contributed by atoms with van der Waals surface area (Å²) < 4.78 is 13.5. The molecule has 0 radical (unpaired) electrons. The number of aromatic amines is 1. The maximum absolute atomic E-state index is 12.3. The van der Waals surface area contributed by atoms with Crippen LogP contribution in [0.15, 0.2) is 76.4 Å². The van der Waals surface area contributed by atoms with Gasteiger partial charge in [-0.2, -0.15) is 0 Å². The number of nitrogens with zero attached hydrogens (tertiary/aromatic N) is 1. The lowest BCUT2D eigenvalue weighted by Gasteiger charge is -2.19. The van der Waals surface area contributed by atoms with E-state index in [-0.39, 0.29) is 16.5 Å². The van der Waals surface area contributed by atoms with Gasteiger partial charge in [-0.05, 0) is 17.5 Å². The van der Waals surface area contributed by atoms with Gasteiger partial charge >= 0.3 is 5.69 Å². The first-order valence-electron chi connectivity index (χ1n) is 9.82. The van der Waals surface area contributed by atoms with Crippen LogP contribution < -0.4 is 11.2 Å². The minimum atomic E-state index is -0.579. The molecule has 30 heavy (non-hydrogen) atoms. The van der Waals surface area contributed by atoms with Crippen molar-refractivity contribution in [3.63, 3.8) is 0 Å². The molecule has 2 aromatic carbocycles. The van der Waals surface area contributed by atoms with E-state index in [1.54, 1.807) is 0 Å². The molecule has 0 bridgehead atoms. The van der Waals surface area contributed by atoms with Gasteiger partial charge in [0.2, 0.25) is 0 Å². The molecule has 0 aliphatic heterocycles. The van der Waals surface area contributed by atoms with Crippen LogP contribution in [0.5, 0.6) is 0 Å². The Morgan fingerprint density at radius 3 is 2.00 bits per heavy atom. The zero-order chi connectivity index (χ0) is 21.0. The Morgan fingerprint density at radius 2 is 1.47 bits per heavy atom. The lowest BCUT2D eigenvalue weighted by molar-refractivity contribution is 0.00914. The summed E-state index contributed by atoms with van der Waals surface area (Å²) in [6.45, 7) is 1.83. The molecule has 1 saturated carbocycles. The molecule has 156 valence electrons. The zero-order valence-electron chi connectivity index (χ0n) is 16.4. The first kappa shape index (κ1) is 20.6. The Hall–Kier alpha value is -2.67. The van der Waals surface area contributed by atoms with Gasteiger partial charge in [0, 0.05) is 17.7 Å². The summed E-state index contributed by atoms with van der Waals surface area (Å²) in [7, 11) is 0. The van der Waals surface area contributed by atoms with E-state index in [1.165, 1.54) is 10.8 Å². The first-order chi connectivity index (χ1) is 14.6. The third-order valence-corrected chi connectivity index (χ3v) is 5.68. The van der Waals surface area contributed by atoms with Gasteiger partial charge < -0.3 is 9.47 Å². The Kier molecular flexibility index (Phi) is 6.18. The van der Waals surface area contributed by atoms with Crippen LogP contribution in [0.25, 0.3) is 0 Å². The largest absolute Gasteiger partial charge is 0.376 e. The molecule has 1 unspecified atom stereocenters.